The quantitative estimate of drug-likeness (QED) is 0.394. The summed E-state index contributed by atoms with van der Waals surface area (Å²) in [5.74, 6) is 2.81. The Labute approximate surface area is 209 Å². The Morgan fingerprint density at radius 2 is 1.89 bits per heavy atom. The minimum Gasteiger partial charge on any atom is -0.378 e. The van der Waals surface area contributed by atoms with Crippen molar-refractivity contribution in [1.29, 1.82) is 0 Å². The summed E-state index contributed by atoms with van der Waals surface area (Å²) in [4.78, 5) is 14.0. The molecule has 0 radical (unpaired) electrons. The van der Waals surface area contributed by atoms with Crippen LogP contribution < -0.4 is 4.90 Å². The Morgan fingerprint density at radius 1 is 1.14 bits per heavy atom. The van der Waals surface area contributed by atoms with E-state index in [2.05, 4.69) is 5.92 Å². The Morgan fingerprint density at radius 3 is 2.56 bits per heavy atom. The lowest BCUT2D eigenvalue weighted by atomic mass is 9.51. The van der Waals surface area contributed by atoms with Gasteiger partial charge in [0.05, 0.1) is 0 Å². The number of nitrogens with zero attached hydrogens (tertiary/aromatic N) is 1. The third-order valence-electron chi connectivity index (χ3n) is 9.17. The highest BCUT2D eigenvalue weighted by Crippen LogP contribution is 2.66. The van der Waals surface area contributed by atoms with Crippen molar-refractivity contribution in [3.8, 4) is 11.8 Å². The van der Waals surface area contributed by atoms with Crippen molar-refractivity contribution in [3.63, 3.8) is 0 Å². The second-order valence-electron chi connectivity index (χ2n) is 11.2. The number of fused-ring (bicyclic) bond motifs is 4. The normalized spacial score (nSPS) is 33.7. The zero-order valence-corrected chi connectivity index (χ0v) is 20.8. The van der Waals surface area contributed by atoms with Crippen LogP contribution in [0.3, 0.4) is 0 Å². The van der Waals surface area contributed by atoms with Gasteiger partial charge in [-0.2, -0.15) is 13.2 Å². The fourth-order valence-corrected chi connectivity index (χ4v) is 7.40. The molecule has 5 rings (SSSR count). The van der Waals surface area contributed by atoms with E-state index in [4.69, 9.17) is 0 Å². The van der Waals surface area contributed by atoms with Gasteiger partial charge in [0.1, 0.15) is 11.4 Å². The lowest BCUT2D eigenvalue weighted by molar-refractivity contribution is -0.114. The molecular formula is C29H31F4NO2. The maximum Gasteiger partial charge on any atom is 0.457 e. The van der Waals surface area contributed by atoms with Gasteiger partial charge in [-0.3, -0.25) is 4.79 Å². The van der Waals surface area contributed by atoms with Gasteiger partial charge in [-0.15, -0.1) is 0 Å². The van der Waals surface area contributed by atoms with Crippen molar-refractivity contribution >= 4 is 11.5 Å². The molecule has 1 N–H and O–H groups in total. The molecule has 0 unspecified atom stereocenters. The zero-order valence-electron chi connectivity index (χ0n) is 20.8. The average molecular weight is 502 g/mol. The molecule has 3 nitrogen and oxygen atoms in total. The number of aliphatic hydroxyl groups is 1. The number of carbonyl (C=O) groups is 1. The Kier molecular flexibility index (Phi) is 5.91. The van der Waals surface area contributed by atoms with Crippen molar-refractivity contribution in [1.82, 2.24) is 0 Å². The Hall–Kier alpha value is -2.59. The predicted molar refractivity (Wildman–Crippen MR) is 130 cm³/mol. The maximum absolute atomic E-state index is 15.6. The second kappa shape index (κ2) is 8.48. The van der Waals surface area contributed by atoms with Crippen molar-refractivity contribution in [2.24, 2.45) is 17.3 Å². The van der Waals surface area contributed by atoms with Crippen LogP contribution in [-0.2, 0) is 4.79 Å². The Bertz CT molecular complexity index is 1230. The molecule has 1 aromatic carbocycles. The van der Waals surface area contributed by atoms with Crippen molar-refractivity contribution in [2.45, 2.75) is 69.6 Å². The molecule has 0 bridgehead atoms. The first kappa shape index (κ1) is 25.1. The molecule has 0 amide bonds. The number of carbonyl (C=O) groups excluding carboxylic acids is 1. The van der Waals surface area contributed by atoms with Crippen LogP contribution in [0.1, 0.15) is 63.4 Å². The zero-order chi connectivity index (χ0) is 26.0. The molecule has 7 heteroatoms. The summed E-state index contributed by atoms with van der Waals surface area (Å²) in [6.07, 6.45) is 0.503. The van der Waals surface area contributed by atoms with E-state index >= 15 is 4.39 Å². The van der Waals surface area contributed by atoms with E-state index in [-0.39, 0.29) is 29.9 Å². The minimum absolute atomic E-state index is 0.00346. The van der Waals surface area contributed by atoms with E-state index in [1.165, 1.54) is 12.0 Å². The molecule has 5 atom stereocenters. The van der Waals surface area contributed by atoms with Crippen LogP contribution in [0.2, 0.25) is 0 Å². The molecule has 2 saturated carbocycles. The molecule has 0 heterocycles. The highest BCUT2D eigenvalue weighted by molar-refractivity contribution is 5.93. The first-order valence-corrected chi connectivity index (χ1v) is 12.6. The summed E-state index contributed by atoms with van der Waals surface area (Å²) < 4.78 is 54.7. The molecule has 0 saturated heterocycles. The van der Waals surface area contributed by atoms with Gasteiger partial charge in [-0.05, 0) is 85.3 Å². The topological polar surface area (TPSA) is 40.5 Å². The summed E-state index contributed by atoms with van der Waals surface area (Å²) in [5.41, 5.74) is 1.72. The average Bonchev–Trinajstić information content (AvgIpc) is 3.07. The summed E-state index contributed by atoms with van der Waals surface area (Å²) in [5, 5.41) is 11.6. The summed E-state index contributed by atoms with van der Waals surface area (Å²) >= 11 is 0. The number of anilines is 1. The molecule has 4 aliphatic carbocycles. The van der Waals surface area contributed by atoms with Crippen molar-refractivity contribution in [2.75, 3.05) is 19.0 Å². The van der Waals surface area contributed by atoms with Crippen LogP contribution in [0.15, 0.2) is 41.0 Å². The van der Waals surface area contributed by atoms with E-state index in [0.717, 1.165) is 23.1 Å². The van der Waals surface area contributed by atoms with Gasteiger partial charge in [0.25, 0.3) is 0 Å². The maximum atomic E-state index is 15.6. The molecular weight excluding hydrogens is 470 g/mol. The van der Waals surface area contributed by atoms with Gasteiger partial charge in [-0.1, -0.05) is 24.5 Å². The van der Waals surface area contributed by atoms with Gasteiger partial charge in [0, 0.05) is 43.5 Å². The Balaban J connectivity index is 1.68. The van der Waals surface area contributed by atoms with Crippen LogP contribution in [0.5, 0.6) is 0 Å². The van der Waals surface area contributed by atoms with E-state index in [9.17, 15) is 23.1 Å². The van der Waals surface area contributed by atoms with Gasteiger partial charge in [0.2, 0.25) is 0 Å². The number of rotatable bonds is 2. The first-order chi connectivity index (χ1) is 16.8. The molecule has 4 aliphatic rings. The molecule has 36 heavy (non-hydrogen) atoms. The number of halogens is 4. The SMILES string of the molecule is CN(C)c1ccc([C@H]2C[C@@]3(C)[C@@H](CC[C@@]3(O)C#CC(F)(F)F)[C@@H]3CCC4=CC(=O)CCC4=C32)c(F)c1. The van der Waals surface area contributed by atoms with Crippen LogP contribution in [0.25, 0.3) is 0 Å². The predicted octanol–water partition coefficient (Wildman–Crippen LogP) is 6.09. The second-order valence-corrected chi connectivity index (χ2v) is 11.2. The minimum atomic E-state index is -4.70. The molecule has 1 aromatic rings. The molecule has 0 aliphatic heterocycles. The lowest BCUT2D eigenvalue weighted by Gasteiger charge is -2.53. The van der Waals surface area contributed by atoms with Crippen molar-refractivity contribution < 1.29 is 27.5 Å². The number of hydrogen-bond acceptors (Lipinski definition) is 3. The largest absolute Gasteiger partial charge is 0.457 e. The van der Waals surface area contributed by atoms with Gasteiger partial charge in [-0.25, -0.2) is 4.39 Å². The van der Waals surface area contributed by atoms with Crippen LogP contribution in [-0.4, -0.2) is 36.8 Å². The highest BCUT2D eigenvalue weighted by Gasteiger charge is 2.63. The van der Waals surface area contributed by atoms with Gasteiger partial charge in [0.15, 0.2) is 5.78 Å². The highest BCUT2D eigenvalue weighted by atomic mass is 19.4. The standard InChI is InChI=1S/C29H31F4NO2/c1-27-16-23(21-8-5-18(34(2)3)15-25(21)30)26-20-9-6-19(35)14-17(20)4-7-22(26)24(27)10-11-28(27,36)12-13-29(31,32)33/h5,8,14-15,22-24,36H,4,6-7,9-11,16H2,1-3H3/t22-,23+,24-,27-,28+/m0/s1. The summed E-state index contributed by atoms with van der Waals surface area (Å²) in [6.45, 7) is 1.84. The van der Waals surface area contributed by atoms with Crippen LogP contribution in [0, 0.1) is 34.9 Å². The molecule has 192 valence electrons. The lowest BCUT2D eigenvalue weighted by Crippen LogP contribution is -2.51. The fourth-order valence-electron chi connectivity index (χ4n) is 7.40. The summed E-state index contributed by atoms with van der Waals surface area (Å²) in [6, 6.07) is 5.10. The van der Waals surface area contributed by atoms with Crippen LogP contribution >= 0.6 is 0 Å². The molecule has 0 spiro atoms. The van der Waals surface area contributed by atoms with E-state index in [1.54, 1.807) is 12.1 Å². The number of allylic oxidation sites excluding steroid dienone is 4. The van der Waals surface area contributed by atoms with Crippen molar-refractivity contribution in [3.05, 3.63) is 52.4 Å². The fraction of sp³-hybridized carbons (Fsp3) is 0.552. The number of hydrogen-bond donors (Lipinski definition) is 1. The van der Waals surface area contributed by atoms with E-state index < -0.39 is 23.1 Å². The monoisotopic (exact) mass is 501 g/mol. The third-order valence-corrected chi connectivity index (χ3v) is 9.17. The number of ketones is 1. The van der Waals surface area contributed by atoms with Gasteiger partial charge < -0.3 is 10.0 Å². The van der Waals surface area contributed by atoms with E-state index in [1.807, 2.05) is 32.0 Å². The molecule has 2 fully saturated rings. The first-order valence-electron chi connectivity index (χ1n) is 12.6. The van der Waals surface area contributed by atoms with Crippen LogP contribution in [0.4, 0.5) is 23.2 Å². The third kappa shape index (κ3) is 3.98. The number of benzene rings is 1. The number of alkyl halides is 3. The van der Waals surface area contributed by atoms with E-state index in [0.29, 0.717) is 43.4 Å². The molecule has 0 aromatic heterocycles. The summed E-state index contributed by atoms with van der Waals surface area (Å²) in [7, 11) is 3.66. The van der Waals surface area contributed by atoms with Gasteiger partial charge >= 0.3 is 6.18 Å². The smallest absolute Gasteiger partial charge is 0.378 e.